The summed E-state index contributed by atoms with van der Waals surface area (Å²) in [6.45, 7) is 8.93. The molecule has 0 heterocycles. The molecule has 1 aromatic carbocycles. The molecule has 2 heteroatoms. The van der Waals surface area contributed by atoms with E-state index in [1.165, 1.54) is 11.1 Å². The van der Waals surface area contributed by atoms with Crippen molar-refractivity contribution in [2.24, 2.45) is 11.7 Å². The number of halogens is 1. The monoisotopic (exact) mass is 239 g/mol. The highest BCUT2D eigenvalue weighted by Crippen LogP contribution is 2.49. The number of hydrogen-bond acceptors (Lipinski definition) is 1. The minimum atomic E-state index is -0.0313. The van der Waals surface area contributed by atoms with Crippen LogP contribution in [-0.4, -0.2) is 0 Å². The fourth-order valence-electron chi connectivity index (χ4n) is 2.13. The van der Waals surface area contributed by atoms with Gasteiger partial charge in [-0.2, -0.15) is 0 Å². The van der Waals surface area contributed by atoms with Gasteiger partial charge in [0.15, 0.2) is 0 Å². The van der Waals surface area contributed by atoms with Crippen LogP contribution in [0, 0.1) is 5.92 Å². The molecule has 1 fully saturated rings. The summed E-state index contributed by atoms with van der Waals surface area (Å²) in [5.74, 6) is 0.637. The predicted molar refractivity (Wildman–Crippen MR) is 72.0 cm³/mol. The minimum absolute atomic E-state index is 0. The van der Waals surface area contributed by atoms with Crippen LogP contribution in [0.15, 0.2) is 24.3 Å². The third-order valence-corrected chi connectivity index (χ3v) is 3.65. The normalized spacial score (nSPS) is 28.4. The quantitative estimate of drug-likeness (QED) is 0.796. The average molecular weight is 240 g/mol. The Morgan fingerprint density at radius 1 is 1.19 bits per heavy atom. The van der Waals surface area contributed by atoms with Crippen molar-refractivity contribution in [2.45, 2.75) is 45.1 Å². The van der Waals surface area contributed by atoms with Crippen LogP contribution >= 0.6 is 12.4 Å². The Hall–Kier alpha value is -0.530. The van der Waals surface area contributed by atoms with Gasteiger partial charge in [-0.3, -0.25) is 0 Å². The summed E-state index contributed by atoms with van der Waals surface area (Å²) in [6, 6.07) is 8.83. The molecule has 1 aromatic rings. The molecule has 16 heavy (non-hydrogen) atoms. The van der Waals surface area contributed by atoms with E-state index in [2.05, 4.69) is 52.0 Å². The number of nitrogens with two attached hydrogens (primary N) is 1. The Kier molecular flexibility index (Phi) is 3.42. The first-order chi connectivity index (χ1) is 6.84. The molecule has 0 saturated heterocycles. The van der Waals surface area contributed by atoms with Crippen molar-refractivity contribution < 1.29 is 0 Å². The molecule has 0 radical (unpaired) electrons. The predicted octanol–water partition coefficient (Wildman–Crippen LogP) is 3.60. The highest BCUT2D eigenvalue weighted by Gasteiger charge is 2.48. The topological polar surface area (TPSA) is 26.0 Å². The maximum absolute atomic E-state index is 6.27. The molecule has 0 bridgehead atoms. The molecule has 2 N–H and O–H groups in total. The largest absolute Gasteiger partial charge is 0.321 e. The first-order valence-corrected chi connectivity index (χ1v) is 5.74. The maximum Gasteiger partial charge on any atom is 0.0439 e. The summed E-state index contributed by atoms with van der Waals surface area (Å²) < 4.78 is 0. The zero-order valence-electron chi connectivity index (χ0n) is 10.6. The van der Waals surface area contributed by atoms with Crippen molar-refractivity contribution in [1.29, 1.82) is 0 Å². The molecule has 1 nitrogen and oxygen atoms in total. The zero-order valence-corrected chi connectivity index (χ0v) is 11.4. The molecule has 0 spiro atoms. The Labute approximate surface area is 105 Å². The SMILES string of the molecule is C[C@@H]1C[C@]1(N)c1ccc(C(C)(C)C)cc1.Cl. The van der Waals surface area contributed by atoms with Gasteiger partial charge >= 0.3 is 0 Å². The molecule has 2 atom stereocenters. The maximum atomic E-state index is 6.27. The summed E-state index contributed by atoms with van der Waals surface area (Å²) in [4.78, 5) is 0. The first kappa shape index (κ1) is 13.5. The van der Waals surface area contributed by atoms with Crippen LogP contribution in [0.4, 0.5) is 0 Å². The molecule has 0 aliphatic heterocycles. The second-order valence-electron chi connectivity index (χ2n) is 5.97. The van der Waals surface area contributed by atoms with Gasteiger partial charge < -0.3 is 5.73 Å². The fraction of sp³-hybridized carbons (Fsp3) is 0.571. The van der Waals surface area contributed by atoms with E-state index in [1.54, 1.807) is 0 Å². The number of hydrogen-bond donors (Lipinski definition) is 1. The van der Waals surface area contributed by atoms with E-state index in [-0.39, 0.29) is 23.4 Å². The van der Waals surface area contributed by atoms with Gasteiger partial charge in [-0.25, -0.2) is 0 Å². The highest BCUT2D eigenvalue weighted by molar-refractivity contribution is 5.85. The van der Waals surface area contributed by atoms with Crippen LogP contribution in [0.3, 0.4) is 0 Å². The third kappa shape index (κ3) is 2.26. The summed E-state index contributed by atoms with van der Waals surface area (Å²) in [5.41, 5.74) is 9.14. The van der Waals surface area contributed by atoms with Crippen LogP contribution in [0.5, 0.6) is 0 Å². The fourth-order valence-corrected chi connectivity index (χ4v) is 2.13. The van der Waals surface area contributed by atoms with E-state index in [0.29, 0.717) is 5.92 Å². The number of rotatable bonds is 1. The first-order valence-electron chi connectivity index (χ1n) is 5.74. The lowest BCUT2D eigenvalue weighted by atomic mass is 9.86. The average Bonchev–Trinajstić information content (AvgIpc) is 2.75. The van der Waals surface area contributed by atoms with E-state index in [0.717, 1.165) is 6.42 Å². The van der Waals surface area contributed by atoms with Gasteiger partial charge in [0, 0.05) is 5.54 Å². The molecule has 0 unspecified atom stereocenters. The van der Waals surface area contributed by atoms with Crippen molar-refractivity contribution in [3.05, 3.63) is 35.4 Å². The van der Waals surface area contributed by atoms with Crippen LogP contribution in [0.2, 0.25) is 0 Å². The Balaban J connectivity index is 0.00000128. The molecular formula is C14H22ClN. The van der Waals surface area contributed by atoms with Gasteiger partial charge in [0.05, 0.1) is 0 Å². The molecule has 90 valence electrons. The smallest absolute Gasteiger partial charge is 0.0439 e. The standard InChI is InChI=1S/C14H21N.ClH/c1-10-9-14(10,15)12-7-5-11(6-8-12)13(2,3)4;/h5-8,10H,9,15H2,1-4H3;1H/t10-,14-;/m1./s1. The Bertz CT molecular complexity index is 363. The van der Waals surface area contributed by atoms with Gasteiger partial charge in [0.25, 0.3) is 0 Å². The van der Waals surface area contributed by atoms with Crippen molar-refractivity contribution in [2.75, 3.05) is 0 Å². The molecule has 1 aliphatic carbocycles. The second-order valence-corrected chi connectivity index (χ2v) is 5.97. The van der Waals surface area contributed by atoms with Gasteiger partial charge in [-0.05, 0) is 28.9 Å². The van der Waals surface area contributed by atoms with Crippen molar-refractivity contribution >= 4 is 12.4 Å². The molecule has 0 aromatic heterocycles. The van der Waals surface area contributed by atoms with Crippen molar-refractivity contribution in [3.63, 3.8) is 0 Å². The Morgan fingerprint density at radius 2 is 1.62 bits per heavy atom. The number of benzene rings is 1. The third-order valence-electron chi connectivity index (χ3n) is 3.65. The van der Waals surface area contributed by atoms with Crippen molar-refractivity contribution in [3.8, 4) is 0 Å². The zero-order chi connectivity index (χ0) is 11.3. The van der Waals surface area contributed by atoms with E-state index in [9.17, 15) is 0 Å². The van der Waals surface area contributed by atoms with Crippen LogP contribution in [-0.2, 0) is 11.0 Å². The van der Waals surface area contributed by atoms with E-state index >= 15 is 0 Å². The van der Waals surface area contributed by atoms with Gasteiger partial charge in [0.2, 0.25) is 0 Å². The van der Waals surface area contributed by atoms with Crippen LogP contribution < -0.4 is 5.73 Å². The van der Waals surface area contributed by atoms with Crippen LogP contribution in [0.25, 0.3) is 0 Å². The lowest BCUT2D eigenvalue weighted by Gasteiger charge is -2.20. The highest BCUT2D eigenvalue weighted by atomic mass is 35.5. The Morgan fingerprint density at radius 3 is 1.94 bits per heavy atom. The van der Waals surface area contributed by atoms with Gasteiger partial charge in [0.1, 0.15) is 0 Å². The summed E-state index contributed by atoms with van der Waals surface area (Å²) >= 11 is 0. The van der Waals surface area contributed by atoms with Gasteiger partial charge in [-0.1, -0.05) is 52.0 Å². The van der Waals surface area contributed by atoms with E-state index in [4.69, 9.17) is 5.73 Å². The lowest BCUT2D eigenvalue weighted by Crippen LogP contribution is -2.21. The van der Waals surface area contributed by atoms with Gasteiger partial charge in [-0.15, -0.1) is 12.4 Å². The second kappa shape index (κ2) is 4.05. The molecule has 2 rings (SSSR count). The lowest BCUT2D eigenvalue weighted by molar-refractivity contribution is 0.588. The summed E-state index contributed by atoms with van der Waals surface area (Å²) in [7, 11) is 0. The summed E-state index contributed by atoms with van der Waals surface area (Å²) in [5, 5.41) is 0. The summed E-state index contributed by atoms with van der Waals surface area (Å²) in [6.07, 6.45) is 1.13. The van der Waals surface area contributed by atoms with Crippen LogP contribution in [0.1, 0.15) is 45.2 Å². The molecule has 0 amide bonds. The van der Waals surface area contributed by atoms with E-state index in [1.807, 2.05) is 0 Å². The molecular weight excluding hydrogens is 218 g/mol. The van der Waals surface area contributed by atoms with Crippen molar-refractivity contribution in [1.82, 2.24) is 0 Å². The van der Waals surface area contributed by atoms with E-state index < -0.39 is 0 Å². The minimum Gasteiger partial charge on any atom is -0.321 e. The molecule has 1 saturated carbocycles. The molecule has 1 aliphatic rings.